The van der Waals surface area contributed by atoms with Crippen LogP contribution in [0.15, 0.2) is 18.2 Å². The van der Waals surface area contributed by atoms with Gasteiger partial charge in [0.05, 0.1) is 11.7 Å². The molecule has 2 nitrogen and oxygen atoms in total. The summed E-state index contributed by atoms with van der Waals surface area (Å²) in [5.41, 5.74) is 0.0547. The van der Waals surface area contributed by atoms with Crippen molar-refractivity contribution in [3.63, 3.8) is 0 Å². The summed E-state index contributed by atoms with van der Waals surface area (Å²) in [6.45, 7) is 0. The monoisotopic (exact) mass is 242 g/mol. The first-order valence-corrected chi connectivity index (χ1v) is 5.76. The lowest BCUT2D eigenvalue weighted by Gasteiger charge is -2.38. The van der Waals surface area contributed by atoms with E-state index in [-0.39, 0.29) is 6.10 Å². The molecule has 0 radical (unpaired) electrons. The Morgan fingerprint density at radius 1 is 1.24 bits per heavy atom. The van der Waals surface area contributed by atoms with Crippen molar-refractivity contribution in [2.75, 3.05) is 7.11 Å². The predicted octanol–water partition coefficient (Wildman–Crippen LogP) is 2.74. The van der Waals surface area contributed by atoms with Gasteiger partial charge < -0.3 is 9.84 Å². The Kier molecular flexibility index (Phi) is 3.45. The zero-order chi connectivity index (χ0) is 12.5. The van der Waals surface area contributed by atoms with Crippen LogP contribution in [0.5, 0.6) is 0 Å². The van der Waals surface area contributed by atoms with Gasteiger partial charge >= 0.3 is 0 Å². The fourth-order valence-electron chi connectivity index (χ4n) is 2.46. The van der Waals surface area contributed by atoms with Crippen LogP contribution in [-0.2, 0) is 10.3 Å². The summed E-state index contributed by atoms with van der Waals surface area (Å²) in [6, 6.07) is 3.87. The largest absolute Gasteiger partial charge is 0.393 e. The van der Waals surface area contributed by atoms with Gasteiger partial charge in [-0.05, 0) is 43.4 Å². The van der Waals surface area contributed by atoms with Crippen LogP contribution in [0, 0.1) is 11.6 Å². The molecule has 1 aliphatic rings. The van der Waals surface area contributed by atoms with Gasteiger partial charge in [-0.15, -0.1) is 0 Å². The van der Waals surface area contributed by atoms with Crippen LogP contribution in [-0.4, -0.2) is 18.3 Å². The second-order valence-corrected chi connectivity index (χ2v) is 4.56. The van der Waals surface area contributed by atoms with Gasteiger partial charge in [0.15, 0.2) is 11.6 Å². The molecule has 0 spiro atoms. The quantitative estimate of drug-likeness (QED) is 0.864. The summed E-state index contributed by atoms with van der Waals surface area (Å²) in [4.78, 5) is 0. The number of aliphatic hydroxyl groups excluding tert-OH is 1. The lowest BCUT2D eigenvalue weighted by molar-refractivity contribution is -0.0691. The first-order chi connectivity index (χ1) is 8.07. The van der Waals surface area contributed by atoms with Crippen molar-refractivity contribution < 1.29 is 18.6 Å². The van der Waals surface area contributed by atoms with E-state index in [1.807, 2.05) is 0 Å². The molecule has 17 heavy (non-hydrogen) atoms. The molecule has 94 valence electrons. The summed E-state index contributed by atoms with van der Waals surface area (Å²) in [5.74, 6) is -1.71. The van der Waals surface area contributed by atoms with Crippen molar-refractivity contribution >= 4 is 0 Å². The standard InChI is InChI=1S/C13H16F2O2/c1-17-13(6-4-10(16)5-7-13)9-2-3-11(14)12(15)8-9/h2-3,8,10,16H,4-7H2,1H3. The van der Waals surface area contributed by atoms with Crippen LogP contribution in [0.3, 0.4) is 0 Å². The van der Waals surface area contributed by atoms with Crippen LogP contribution in [0.2, 0.25) is 0 Å². The third-order valence-corrected chi connectivity index (χ3v) is 3.60. The first kappa shape index (κ1) is 12.5. The average Bonchev–Trinajstić information content (AvgIpc) is 2.34. The molecule has 0 aliphatic heterocycles. The fourth-order valence-corrected chi connectivity index (χ4v) is 2.46. The van der Waals surface area contributed by atoms with Gasteiger partial charge in [0.1, 0.15) is 0 Å². The average molecular weight is 242 g/mol. The molecule has 4 heteroatoms. The Balaban J connectivity index is 2.31. The molecule has 0 saturated heterocycles. The molecule has 0 bridgehead atoms. The summed E-state index contributed by atoms with van der Waals surface area (Å²) in [7, 11) is 1.57. The lowest BCUT2D eigenvalue weighted by atomic mass is 9.78. The summed E-state index contributed by atoms with van der Waals surface area (Å²) >= 11 is 0. The minimum absolute atomic E-state index is 0.316. The Labute approximate surface area is 99.2 Å². The summed E-state index contributed by atoms with van der Waals surface area (Å²) in [6.07, 6.45) is 2.16. The lowest BCUT2D eigenvalue weighted by Crippen LogP contribution is -2.35. The van der Waals surface area contributed by atoms with Crippen molar-refractivity contribution in [1.82, 2.24) is 0 Å². The van der Waals surface area contributed by atoms with Crippen molar-refractivity contribution in [3.8, 4) is 0 Å². The highest BCUT2D eigenvalue weighted by Crippen LogP contribution is 2.40. The Morgan fingerprint density at radius 2 is 1.88 bits per heavy atom. The van der Waals surface area contributed by atoms with Crippen molar-refractivity contribution in [3.05, 3.63) is 35.4 Å². The minimum Gasteiger partial charge on any atom is -0.393 e. The normalized spacial score (nSPS) is 29.3. The molecule has 1 aliphatic carbocycles. The molecule has 1 aromatic rings. The second-order valence-electron chi connectivity index (χ2n) is 4.56. The van der Waals surface area contributed by atoms with Gasteiger partial charge in [0.25, 0.3) is 0 Å². The molecule has 1 fully saturated rings. The fraction of sp³-hybridized carbons (Fsp3) is 0.538. The van der Waals surface area contributed by atoms with E-state index >= 15 is 0 Å². The highest BCUT2D eigenvalue weighted by Gasteiger charge is 2.36. The van der Waals surface area contributed by atoms with Gasteiger partial charge in [-0.3, -0.25) is 0 Å². The van der Waals surface area contributed by atoms with E-state index in [4.69, 9.17) is 4.74 Å². The van der Waals surface area contributed by atoms with Gasteiger partial charge in [0, 0.05) is 7.11 Å². The van der Waals surface area contributed by atoms with Gasteiger partial charge in [0.2, 0.25) is 0 Å². The first-order valence-electron chi connectivity index (χ1n) is 5.76. The zero-order valence-electron chi connectivity index (χ0n) is 9.75. The summed E-state index contributed by atoms with van der Waals surface area (Å²) < 4.78 is 31.6. The van der Waals surface area contributed by atoms with E-state index in [2.05, 4.69) is 0 Å². The number of hydrogen-bond donors (Lipinski definition) is 1. The van der Waals surface area contributed by atoms with Crippen LogP contribution >= 0.6 is 0 Å². The minimum atomic E-state index is -0.856. The SMILES string of the molecule is COC1(c2ccc(F)c(F)c2)CCC(O)CC1. The maximum Gasteiger partial charge on any atom is 0.159 e. The zero-order valence-corrected chi connectivity index (χ0v) is 9.75. The number of methoxy groups -OCH3 is 1. The molecule has 1 saturated carbocycles. The van der Waals surface area contributed by atoms with Crippen LogP contribution in [0.4, 0.5) is 8.78 Å². The maximum absolute atomic E-state index is 13.2. The van der Waals surface area contributed by atoms with Crippen molar-refractivity contribution in [2.24, 2.45) is 0 Å². The number of aliphatic hydroxyl groups is 1. The van der Waals surface area contributed by atoms with Crippen molar-refractivity contribution in [1.29, 1.82) is 0 Å². The molecule has 1 aromatic carbocycles. The van der Waals surface area contributed by atoms with E-state index in [1.165, 1.54) is 6.07 Å². The Bertz CT molecular complexity index is 398. The smallest absolute Gasteiger partial charge is 0.159 e. The molecule has 0 amide bonds. The van der Waals surface area contributed by atoms with E-state index < -0.39 is 17.2 Å². The molecular formula is C13H16F2O2. The molecule has 0 heterocycles. The Morgan fingerprint density at radius 3 is 2.41 bits per heavy atom. The maximum atomic E-state index is 13.2. The van der Waals surface area contributed by atoms with Crippen LogP contribution in [0.1, 0.15) is 31.2 Å². The number of hydrogen-bond acceptors (Lipinski definition) is 2. The van der Waals surface area contributed by atoms with Gasteiger partial charge in [-0.2, -0.15) is 0 Å². The molecule has 0 unspecified atom stereocenters. The van der Waals surface area contributed by atoms with Crippen LogP contribution in [0.25, 0.3) is 0 Å². The highest BCUT2D eigenvalue weighted by molar-refractivity contribution is 5.25. The number of benzene rings is 1. The molecule has 0 aromatic heterocycles. The second kappa shape index (κ2) is 4.70. The topological polar surface area (TPSA) is 29.5 Å². The van der Waals surface area contributed by atoms with E-state index in [0.717, 1.165) is 6.07 Å². The van der Waals surface area contributed by atoms with E-state index in [0.29, 0.717) is 31.2 Å². The van der Waals surface area contributed by atoms with Gasteiger partial charge in [-0.25, -0.2) is 8.78 Å². The number of rotatable bonds is 2. The Hall–Kier alpha value is -1.00. The van der Waals surface area contributed by atoms with E-state index in [9.17, 15) is 13.9 Å². The number of ether oxygens (including phenoxy) is 1. The van der Waals surface area contributed by atoms with Gasteiger partial charge in [-0.1, -0.05) is 6.07 Å². The highest BCUT2D eigenvalue weighted by atomic mass is 19.2. The molecular weight excluding hydrogens is 226 g/mol. The third-order valence-electron chi connectivity index (χ3n) is 3.60. The predicted molar refractivity (Wildman–Crippen MR) is 59.5 cm³/mol. The summed E-state index contributed by atoms with van der Waals surface area (Å²) in [5, 5.41) is 9.49. The molecule has 2 rings (SSSR count). The van der Waals surface area contributed by atoms with Crippen LogP contribution < -0.4 is 0 Å². The number of halogens is 2. The molecule has 1 N–H and O–H groups in total. The molecule has 0 atom stereocenters. The van der Waals surface area contributed by atoms with E-state index in [1.54, 1.807) is 13.2 Å². The van der Waals surface area contributed by atoms with Crippen molar-refractivity contribution in [2.45, 2.75) is 37.4 Å². The third kappa shape index (κ3) is 2.33.